The Balaban J connectivity index is 1.48. The average Bonchev–Trinajstić information content (AvgIpc) is 2.65. The van der Waals surface area contributed by atoms with Crippen molar-refractivity contribution in [2.45, 2.75) is 19.4 Å². The maximum Gasteiger partial charge on any atom is 0.333 e. The molecule has 7 heteroatoms. The molecule has 1 aliphatic rings. The van der Waals surface area contributed by atoms with Crippen molar-refractivity contribution in [1.29, 1.82) is 0 Å². The van der Waals surface area contributed by atoms with Crippen molar-refractivity contribution < 1.29 is 14.0 Å². The van der Waals surface area contributed by atoms with Gasteiger partial charge in [-0.15, -0.1) is 0 Å². The zero-order chi connectivity index (χ0) is 18.5. The molecule has 0 unspecified atom stereocenters. The predicted molar refractivity (Wildman–Crippen MR) is 97.3 cm³/mol. The predicted octanol–water partition coefficient (Wildman–Crippen LogP) is 2.35. The molecule has 0 saturated carbocycles. The maximum absolute atomic E-state index is 12.8. The Kier molecular flexibility index (Phi) is 5.36. The third-order valence-electron chi connectivity index (χ3n) is 4.34. The van der Waals surface area contributed by atoms with Gasteiger partial charge in [0.15, 0.2) is 0 Å². The number of carbonyl (C=O) groups is 2. The summed E-state index contributed by atoms with van der Waals surface area (Å²) in [6.45, 7) is 1.41. The first-order valence-corrected chi connectivity index (χ1v) is 8.45. The third-order valence-corrected chi connectivity index (χ3v) is 4.34. The van der Waals surface area contributed by atoms with E-state index in [-0.39, 0.29) is 5.56 Å². The number of urea groups is 1. The van der Waals surface area contributed by atoms with Crippen LogP contribution in [-0.4, -0.2) is 25.5 Å². The van der Waals surface area contributed by atoms with Gasteiger partial charge in [0.05, 0.1) is 0 Å². The van der Waals surface area contributed by atoms with Gasteiger partial charge in [-0.3, -0.25) is 10.2 Å². The number of anilines is 1. The van der Waals surface area contributed by atoms with Crippen molar-refractivity contribution >= 4 is 17.6 Å². The molecular formula is C19H21FN4O2. The second-order valence-electron chi connectivity index (χ2n) is 6.26. The molecule has 0 fully saturated rings. The van der Waals surface area contributed by atoms with E-state index in [9.17, 15) is 14.0 Å². The SMILES string of the molecule is CN1CCCc2cc(CNC(=O)NNC(=O)c3ccc(F)cc3)ccc21. The van der Waals surface area contributed by atoms with Crippen molar-refractivity contribution in [2.24, 2.45) is 0 Å². The monoisotopic (exact) mass is 356 g/mol. The van der Waals surface area contributed by atoms with E-state index in [0.29, 0.717) is 6.54 Å². The molecule has 0 radical (unpaired) electrons. The van der Waals surface area contributed by atoms with E-state index in [0.717, 1.165) is 24.9 Å². The molecule has 3 rings (SSSR count). The number of carbonyl (C=O) groups excluding carboxylic acids is 2. The highest BCUT2D eigenvalue weighted by Crippen LogP contribution is 2.26. The minimum Gasteiger partial charge on any atom is -0.374 e. The van der Waals surface area contributed by atoms with Gasteiger partial charge in [0.25, 0.3) is 5.91 Å². The van der Waals surface area contributed by atoms with Crippen molar-refractivity contribution in [3.8, 4) is 0 Å². The number of hydrogen-bond acceptors (Lipinski definition) is 3. The number of nitrogens with zero attached hydrogens (tertiary/aromatic N) is 1. The highest BCUT2D eigenvalue weighted by atomic mass is 19.1. The smallest absolute Gasteiger partial charge is 0.333 e. The molecule has 0 spiro atoms. The Labute approximate surface area is 151 Å². The molecule has 2 aromatic rings. The molecule has 0 aliphatic carbocycles. The number of nitrogens with one attached hydrogen (secondary N) is 3. The molecular weight excluding hydrogens is 335 g/mol. The molecule has 1 heterocycles. The van der Waals surface area contributed by atoms with Crippen LogP contribution in [0.2, 0.25) is 0 Å². The number of hydrazine groups is 1. The molecule has 1 aliphatic heterocycles. The van der Waals surface area contributed by atoms with Gasteiger partial charge in [-0.1, -0.05) is 12.1 Å². The van der Waals surface area contributed by atoms with Crippen LogP contribution in [0, 0.1) is 5.82 Å². The number of halogens is 1. The van der Waals surface area contributed by atoms with Crippen LogP contribution < -0.4 is 21.1 Å². The summed E-state index contributed by atoms with van der Waals surface area (Å²) in [5.74, 6) is -0.944. The Morgan fingerprint density at radius 1 is 1.12 bits per heavy atom. The second-order valence-corrected chi connectivity index (χ2v) is 6.26. The lowest BCUT2D eigenvalue weighted by atomic mass is 9.99. The van der Waals surface area contributed by atoms with E-state index >= 15 is 0 Å². The first-order chi connectivity index (χ1) is 12.5. The highest BCUT2D eigenvalue weighted by molar-refractivity contribution is 5.95. The Hall–Kier alpha value is -3.09. The van der Waals surface area contributed by atoms with Gasteiger partial charge in [-0.05, 0) is 54.3 Å². The van der Waals surface area contributed by atoms with Gasteiger partial charge in [0, 0.05) is 31.4 Å². The molecule has 6 nitrogen and oxygen atoms in total. The molecule has 0 aromatic heterocycles. The van der Waals surface area contributed by atoms with Crippen molar-refractivity contribution in [3.05, 3.63) is 65.0 Å². The van der Waals surface area contributed by atoms with Crippen molar-refractivity contribution in [3.63, 3.8) is 0 Å². The average molecular weight is 356 g/mol. The summed E-state index contributed by atoms with van der Waals surface area (Å²) in [6.07, 6.45) is 2.16. The van der Waals surface area contributed by atoms with E-state index in [1.165, 1.54) is 35.5 Å². The normalized spacial score (nSPS) is 12.9. The lowest BCUT2D eigenvalue weighted by molar-refractivity contribution is 0.0936. The lowest BCUT2D eigenvalue weighted by Crippen LogP contribution is -2.46. The molecule has 0 saturated heterocycles. The van der Waals surface area contributed by atoms with Crippen LogP contribution in [-0.2, 0) is 13.0 Å². The number of aryl methyl sites for hydroxylation is 1. The fourth-order valence-corrected chi connectivity index (χ4v) is 2.96. The number of benzene rings is 2. The van der Waals surface area contributed by atoms with Gasteiger partial charge in [0.1, 0.15) is 5.82 Å². The molecule has 26 heavy (non-hydrogen) atoms. The summed E-state index contributed by atoms with van der Waals surface area (Å²) in [4.78, 5) is 25.9. The van der Waals surface area contributed by atoms with Crippen LogP contribution in [0.1, 0.15) is 27.9 Å². The van der Waals surface area contributed by atoms with Crippen molar-refractivity contribution in [2.75, 3.05) is 18.5 Å². The lowest BCUT2D eigenvalue weighted by Gasteiger charge is -2.27. The first-order valence-electron chi connectivity index (χ1n) is 8.45. The summed E-state index contributed by atoms with van der Waals surface area (Å²) in [5, 5.41) is 2.69. The maximum atomic E-state index is 12.8. The number of amides is 3. The quantitative estimate of drug-likeness (QED) is 0.739. The fourth-order valence-electron chi connectivity index (χ4n) is 2.96. The Bertz CT molecular complexity index is 808. The molecule has 0 atom stereocenters. The van der Waals surface area contributed by atoms with E-state index in [1.807, 2.05) is 6.07 Å². The fraction of sp³-hybridized carbons (Fsp3) is 0.263. The minimum absolute atomic E-state index is 0.255. The number of hydrogen-bond donors (Lipinski definition) is 3. The van der Waals surface area contributed by atoms with E-state index in [1.54, 1.807) is 0 Å². The Morgan fingerprint density at radius 3 is 2.65 bits per heavy atom. The zero-order valence-electron chi connectivity index (χ0n) is 14.5. The summed E-state index contributed by atoms with van der Waals surface area (Å²) in [7, 11) is 2.08. The highest BCUT2D eigenvalue weighted by Gasteiger charge is 2.14. The van der Waals surface area contributed by atoms with Gasteiger partial charge in [0.2, 0.25) is 0 Å². The van der Waals surface area contributed by atoms with E-state index in [2.05, 4.69) is 40.2 Å². The zero-order valence-corrected chi connectivity index (χ0v) is 14.5. The molecule has 0 bridgehead atoms. The topological polar surface area (TPSA) is 73.5 Å². The summed E-state index contributed by atoms with van der Waals surface area (Å²) < 4.78 is 12.8. The Morgan fingerprint density at radius 2 is 1.88 bits per heavy atom. The van der Waals surface area contributed by atoms with Crippen LogP contribution in [0.4, 0.5) is 14.9 Å². The van der Waals surface area contributed by atoms with Gasteiger partial charge >= 0.3 is 6.03 Å². The van der Waals surface area contributed by atoms with Crippen LogP contribution >= 0.6 is 0 Å². The molecule has 2 aromatic carbocycles. The largest absolute Gasteiger partial charge is 0.374 e. The standard InChI is InChI=1S/C19H21FN4O2/c1-24-10-2-3-15-11-13(4-9-17(15)24)12-21-19(26)23-22-18(25)14-5-7-16(20)8-6-14/h4-9,11H,2-3,10,12H2,1H3,(H,22,25)(H2,21,23,26). The van der Waals surface area contributed by atoms with Gasteiger partial charge < -0.3 is 10.2 Å². The molecule has 3 N–H and O–H groups in total. The summed E-state index contributed by atoms with van der Waals surface area (Å²) in [5.41, 5.74) is 8.33. The summed E-state index contributed by atoms with van der Waals surface area (Å²) >= 11 is 0. The van der Waals surface area contributed by atoms with Gasteiger partial charge in [-0.2, -0.15) is 0 Å². The van der Waals surface area contributed by atoms with E-state index < -0.39 is 17.8 Å². The van der Waals surface area contributed by atoms with Crippen LogP contribution in [0.3, 0.4) is 0 Å². The van der Waals surface area contributed by atoms with Crippen molar-refractivity contribution in [1.82, 2.24) is 16.2 Å². The number of fused-ring (bicyclic) bond motifs is 1. The summed E-state index contributed by atoms with van der Waals surface area (Å²) in [6, 6.07) is 10.7. The van der Waals surface area contributed by atoms with Crippen LogP contribution in [0.5, 0.6) is 0 Å². The minimum atomic E-state index is -0.518. The number of rotatable bonds is 3. The van der Waals surface area contributed by atoms with E-state index in [4.69, 9.17) is 0 Å². The molecule has 136 valence electrons. The third kappa shape index (κ3) is 4.30. The van der Waals surface area contributed by atoms with Crippen LogP contribution in [0.25, 0.3) is 0 Å². The van der Waals surface area contributed by atoms with Gasteiger partial charge in [-0.25, -0.2) is 14.6 Å². The van der Waals surface area contributed by atoms with Crippen LogP contribution in [0.15, 0.2) is 42.5 Å². The molecule has 3 amide bonds. The first kappa shape index (κ1) is 17.7. The second kappa shape index (κ2) is 7.86.